The van der Waals surface area contributed by atoms with Crippen molar-refractivity contribution in [3.63, 3.8) is 0 Å². The van der Waals surface area contributed by atoms with Crippen molar-refractivity contribution in [1.82, 2.24) is 4.98 Å². The zero-order valence-electron chi connectivity index (χ0n) is 15.8. The molecule has 0 saturated carbocycles. The molecule has 5 heteroatoms. The minimum absolute atomic E-state index is 0.154. The van der Waals surface area contributed by atoms with Gasteiger partial charge in [0, 0.05) is 17.1 Å². The summed E-state index contributed by atoms with van der Waals surface area (Å²) in [6, 6.07) is 14.7. The minimum Gasteiger partial charge on any atom is -0.493 e. The Balaban J connectivity index is 1.72. The number of hydrogen-bond donors (Lipinski definition) is 0. The highest BCUT2D eigenvalue weighted by molar-refractivity contribution is 5.90. The summed E-state index contributed by atoms with van der Waals surface area (Å²) in [4.78, 5) is 16.8. The van der Waals surface area contributed by atoms with E-state index in [2.05, 4.69) is 18.8 Å². The summed E-state index contributed by atoms with van der Waals surface area (Å²) in [5.74, 6) is 1.10. The van der Waals surface area contributed by atoms with Crippen molar-refractivity contribution < 1.29 is 19.0 Å². The average Bonchev–Trinajstić information content (AvgIpc) is 2.70. The van der Waals surface area contributed by atoms with Gasteiger partial charge in [0.2, 0.25) is 0 Å². The van der Waals surface area contributed by atoms with Gasteiger partial charge < -0.3 is 14.2 Å². The Labute approximate surface area is 158 Å². The van der Waals surface area contributed by atoms with Crippen LogP contribution >= 0.6 is 0 Å². The number of ether oxygens (including phenoxy) is 3. The molecule has 140 valence electrons. The van der Waals surface area contributed by atoms with Gasteiger partial charge in [0.05, 0.1) is 24.8 Å². The molecule has 0 spiro atoms. The van der Waals surface area contributed by atoms with Gasteiger partial charge in [-0.2, -0.15) is 0 Å². The molecule has 1 heterocycles. The SMILES string of the molecule is COc1cc(C(=O)OCc2cccc3cccnc23)ccc1OCC(C)C. The second-order valence-corrected chi connectivity index (χ2v) is 6.64. The largest absolute Gasteiger partial charge is 0.493 e. The highest BCUT2D eigenvalue weighted by Crippen LogP contribution is 2.29. The number of para-hydroxylation sites is 1. The highest BCUT2D eigenvalue weighted by Gasteiger charge is 2.14. The third-order valence-corrected chi connectivity index (χ3v) is 4.05. The maximum Gasteiger partial charge on any atom is 0.338 e. The van der Waals surface area contributed by atoms with Crippen LogP contribution in [-0.4, -0.2) is 24.7 Å². The smallest absolute Gasteiger partial charge is 0.338 e. The van der Waals surface area contributed by atoms with Gasteiger partial charge in [0.15, 0.2) is 11.5 Å². The van der Waals surface area contributed by atoms with Crippen LogP contribution in [0.4, 0.5) is 0 Å². The van der Waals surface area contributed by atoms with E-state index in [1.54, 1.807) is 31.5 Å². The van der Waals surface area contributed by atoms with Gasteiger partial charge in [-0.25, -0.2) is 4.79 Å². The maximum absolute atomic E-state index is 12.5. The summed E-state index contributed by atoms with van der Waals surface area (Å²) in [7, 11) is 1.55. The predicted octanol–water partition coefficient (Wildman–Crippen LogP) is 4.64. The van der Waals surface area contributed by atoms with Crippen LogP contribution in [0.2, 0.25) is 0 Å². The molecule has 0 N–H and O–H groups in total. The zero-order chi connectivity index (χ0) is 19.2. The fourth-order valence-electron chi connectivity index (χ4n) is 2.68. The van der Waals surface area contributed by atoms with Crippen LogP contribution in [0, 0.1) is 5.92 Å². The van der Waals surface area contributed by atoms with E-state index in [1.165, 1.54) is 0 Å². The third kappa shape index (κ3) is 4.56. The summed E-state index contributed by atoms with van der Waals surface area (Å²) in [5, 5.41) is 1.01. The normalized spacial score (nSPS) is 10.8. The van der Waals surface area contributed by atoms with E-state index in [-0.39, 0.29) is 6.61 Å². The van der Waals surface area contributed by atoms with E-state index >= 15 is 0 Å². The molecule has 3 rings (SSSR count). The number of benzene rings is 2. The lowest BCUT2D eigenvalue weighted by atomic mass is 10.1. The van der Waals surface area contributed by atoms with Gasteiger partial charge in [-0.15, -0.1) is 0 Å². The first-order valence-electron chi connectivity index (χ1n) is 8.89. The second kappa shape index (κ2) is 8.54. The molecule has 0 fully saturated rings. The Morgan fingerprint density at radius 3 is 2.67 bits per heavy atom. The molecule has 0 unspecified atom stereocenters. The molecule has 0 bridgehead atoms. The summed E-state index contributed by atoms with van der Waals surface area (Å²) in [6.45, 7) is 4.87. The number of pyridine rings is 1. The summed E-state index contributed by atoms with van der Waals surface area (Å²) < 4.78 is 16.5. The lowest BCUT2D eigenvalue weighted by Crippen LogP contribution is -2.08. The second-order valence-electron chi connectivity index (χ2n) is 6.64. The molecule has 0 saturated heterocycles. The number of esters is 1. The molecule has 1 aromatic heterocycles. The number of methoxy groups -OCH3 is 1. The highest BCUT2D eigenvalue weighted by atomic mass is 16.5. The standard InChI is InChI=1S/C22H23NO4/c1-15(2)13-26-19-10-9-17(12-20(19)25-3)22(24)27-14-18-7-4-6-16-8-5-11-23-21(16)18/h4-12,15H,13-14H2,1-3H3. The summed E-state index contributed by atoms with van der Waals surface area (Å²) in [6.07, 6.45) is 1.73. The molecule has 0 aliphatic heterocycles. The van der Waals surface area contributed by atoms with Crippen LogP contribution < -0.4 is 9.47 Å². The van der Waals surface area contributed by atoms with Crippen molar-refractivity contribution >= 4 is 16.9 Å². The van der Waals surface area contributed by atoms with Crippen LogP contribution in [-0.2, 0) is 11.3 Å². The third-order valence-electron chi connectivity index (χ3n) is 4.05. The maximum atomic E-state index is 12.5. The van der Waals surface area contributed by atoms with Crippen LogP contribution in [0.3, 0.4) is 0 Å². The average molecular weight is 365 g/mol. The molecule has 0 aliphatic rings. The number of carbonyl (C=O) groups is 1. The monoisotopic (exact) mass is 365 g/mol. The predicted molar refractivity (Wildman–Crippen MR) is 104 cm³/mol. The molecule has 5 nitrogen and oxygen atoms in total. The fourth-order valence-corrected chi connectivity index (χ4v) is 2.68. The van der Waals surface area contributed by atoms with Gasteiger partial charge in [0.25, 0.3) is 0 Å². The first-order chi connectivity index (χ1) is 13.1. The van der Waals surface area contributed by atoms with Gasteiger partial charge >= 0.3 is 5.97 Å². The lowest BCUT2D eigenvalue weighted by molar-refractivity contribution is 0.0473. The van der Waals surface area contributed by atoms with Crippen LogP contribution in [0.15, 0.2) is 54.7 Å². The number of nitrogens with zero attached hydrogens (tertiary/aromatic N) is 1. The molecule has 0 aliphatic carbocycles. The van der Waals surface area contributed by atoms with E-state index in [1.807, 2.05) is 30.3 Å². The fraction of sp³-hybridized carbons (Fsp3) is 0.273. The Kier molecular flexibility index (Phi) is 5.91. The summed E-state index contributed by atoms with van der Waals surface area (Å²) in [5.41, 5.74) is 2.12. The van der Waals surface area contributed by atoms with Crippen molar-refractivity contribution in [3.8, 4) is 11.5 Å². The van der Waals surface area contributed by atoms with Crippen LogP contribution in [0.25, 0.3) is 10.9 Å². The molecule has 27 heavy (non-hydrogen) atoms. The quantitative estimate of drug-likeness (QED) is 0.571. The van der Waals surface area contributed by atoms with Crippen LogP contribution in [0.1, 0.15) is 29.8 Å². The minimum atomic E-state index is -0.420. The first-order valence-corrected chi connectivity index (χ1v) is 8.89. The number of rotatable bonds is 7. The lowest BCUT2D eigenvalue weighted by Gasteiger charge is -2.13. The zero-order valence-corrected chi connectivity index (χ0v) is 15.8. The topological polar surface area (TPSA) is 57.7 Å². The van der Waals surface area contributed by atoms with Crippen molar-refractivity contribution in [2.75, 3.05) is 13.7 Å². The molecular weight excluding hydrogens is 342 g/mol. The summed E-state index contributed by atoms with van der Waals surface area (Å²) >= 11 is 0. The Morgan fingerprint density at radius 2 is 1.89 bits per heavy atom. The number of fused-ring (bicyclic) bond motifs is 1. The van der Waals surface area contributed by atoms with E-state index in [9.17, 15) is 4.79 Å². The van der Waals surface area contributed by atoms with E-state index in [0.717, 1.165) is 16.5 Å². The van der Waals surface area contributed by atoms with E-state index in [4.69, 9.17) is 14.2 Å². The molecule has 2 aromatic carbocycles. The van der Waals surface area contributed by atoms with E-state index < -0.39 is 5.97 Å². The van der Waals surface area contributed by atoms with Crippen molar-refractivity contribution in [1.29, 1.82) is 0 Å². The van der Waals surface area contributed by atoms with Gasteiger partial charge in [-0.05, 0) is 30.2 Å². The van der Waals surface area contributed by atoms with Crippen molar-refractivity contribution in [2.24, 2.45) is 5.92 Å². The van der Waals surface area contributed by atoms with E-state index in [0.29, 0.717) is 29.6 Å². The number of hydrogen-bond acceptors (Lipinski definition) is 5. The molecule has 0 amide bonds. The molecule has 0 atom stereocenters. The van der Waals surface area contributed by atoms with Gasteiger partial charge in [0.1, 0.15) is 6.61 Å². The van der Waals surface area contributed by atoms with Gasteiger partial charge in [-0.3, -0.25) is 4.98 Å². The Bertz CT molecular complexity index is 931. The molecular formula is C22H23NO4. The molecule has 0 radical (unpaired) electrons. The Hall–Kier alpha value is -3.08. The Morgan fingerprint density at radius 1 is 1.07 bits per heavy atom. The van der Waals surface area contributed by atoms with Crippen LogP contribution in [0.5, 0.6) is 11.5 Å². The number of aromatic nitrogens is 1. The first kappa shape index (κ1) is 18.7. The van der Waals surface area contributed by atoms with Crippen molar-refractivity contribution in [2.45, 2.75) is 20.5 Å². The van der Waals surface area contributed by atoms with Gasteiger partial charge in [-0.1, -0.05) is 38.1 Å². The number of carbonyl (C=O) groups excluding carboxylic acids is 1. The van der Waals surface area contributed by atoms with Crippen molar-refractivity contribution in [3.05, 3.63) is 65.9 Å². The molecule has 3 aromatic rings.